The minimum Gasteiger partial charge on any atom is -0.385 e. The summed E-state index contributed by atoms with van der Waals surface area (Å²) in [5.41, 5.74) is 0.961. The summed E-state index contributed by atoms with van der Waals surface area (Å²) in [6.07, 6.45) is 5.59. The SMILES string of the molecule is C=CC[C@@H]1C[C@H](c2cccc(Cl)c2)[C@H](C[C@@](O)(c2ccc(Cl)cc2)C2CC2)NC1=O. The molecule has 158 valence electrons. The molecule has 2 fully saturated rings. The van der Waals surface area contributed by atoms with Crippen LogP contribution in [0.5, 0.6) is 0 Å². The summed E-state index contributed by atoms with van der Waals surface area (Å²) in [5.74, 6) is 0.185. The number of amides is 1. The fourth-order valence-corrected chi connectivity index (χ4v) is 5.16. The van der Waals surface area contributed by atoms with Gasteiger partial charge < -0.3 is 10.4 Å². The van der Waals surface area contributed by atoms with Crippen LogP contribution in [0.25, 0.3) is 0 Å². The second kappa shape index (κ2) is 8.74. The van der Waals surface area contributed by atoms with E-state index in [1.54, 1.807) is 6.08 Å². The minimum absolute atomic E-state index is 0.0347. The molecule has 0 radical (unpaired) electrons. The molecule has 1 aliphatic carbocycles. The number of benzene rings is 2. The molecular weight excluding hydrogens is 417 g/mol. The molecule has 1 heterocycles. The fraction of sp³-hybridized carbons (Fsp3) is 0.400. The molecule has 1 saturated heterocycles. The Hall–Kier alpha value is -1.81. The first-order valence-corrected chi connectivity index (χ1v) is 11.3. The fourth-order valence-electron chi connectivity index (χ4n) is 4.84. The number of allylic oxidation sites excluding steroid dienone is 1. The lowest BCUT2D eigenvalue weighted by Gasteiger charge is -2.41. The van der Waals surface area contributed by atoms with Gasteiger partial charge in [0.15, 0.2) is 0 Å². The first-order chi connectivity index (χ1) is 14.4. The molecule has 1 amide bonds. The highest BCUT2D eigenvalue weighted by Crippen LogP contribution is 2.50. The van der Waals surface area contributed by atoms with Gasteiger partial charge in [-0.3, -0.25) is 4.79 Å². The van der Waals surface area contributed by atoms with Crippen LogP contribution < -0.4 is 5.32 Å². The molecule has 4 atom stereocenters. The van der Waals surface area contributed by atoms with Gasteiger partial charge in [-0.15, -0.1) is 6.58 Å². The summed E-state index contributed by atoms with van der Waals surface area (Å²) in [7, 11) is 0. The minimum atomic E-state index is -0.995. The summed E-state index contributed by atoms with van der Waals surface area (Å²) in [6.45, 7) is 3.81. The monoisotopic (exact) mass is 443 g/mol. The van der Waals surface area contributed by atoms with Gasteiger partial charge in [-0.1, -0.05) is 53.5 Å². The zero-order valence-corrected chi connectivity index (χ0v) is 18.4. The molecule has 2 aliphatic rings. The smallest absolute Gasteiger partial charge is 0.223 e. The maximum atomic E-state index is 12.8. The third-order valence-corrected chi connectivity index (χ3v) is 7.07. The van der Waals surface area contributed by atoms with Gasteiger partial charge in [-0.05, 0) is 67.0 Å². The van der Waals surface area contributed by atoms with Crippen molar-refractivity contribution >= 4 is 29.1 Å². The number of rotatable bonds is 7. The molecular formula is C25H27Cl2NO2. The number of nitrogens with one attached hydrogen (secondary N) is 1. The van der Waals surface area contributed by atoms with Crippen LogP contribution in [0.4, 0.5) is 0 Å². The van der Waals surface area contributed by atoms with Crippen LogP contribution in [-0.2, 0) is 10.4 Å². The highest BCUT2D eigenvalue weighted by atomic mass is 35.5. The molecule has 0 bridgehead atoms. The quantitative estimate of drug-likeness (QED) is 0.527. The van der Waals surface area contributed by atoms with Crippen molar-refractivity contribution in [2.45, 2.75) is 49.7 Å². The van der Waals surface area contributed by atoms with Crippen molar-refractivity contribution in [3.63, 3.8) is 0 Å². The molecule has 5 heteroatoms. The Kier molecular flexibility index (Phi) is 6.24. The summed E-state index contributed by atoms with van der Waals surface area (Å²) >= 11 is 12.3. The number of halogens is 2. The van der Waals surface area contributed by atoms with Crippen molar-refractivity contribution < 1.29 is 9.90 Å². The molecule has 30 heavy (non-hydrogen) atoms. The van der Waals surface area contributed by atoms with Crippen molar-refractivity contribution in [1.29, 1.82) is 0 Å². The van der Waals surface area contributed by atoms with Gasteiger partial charge in [0, 0.05) is 34.3 Å². The average Bonchev–Trinajstić information content (AvgIpc) is 3.56. The van der Waals surface area contributed by atoms with Crippen molar-refractivity contribution in [1.82, 2.24) is 5.32 Å². The number of hydrogen-bond donors (Lipinski definition) is 2. The molecule has 4 rings (SSSR count). The molecule has 0 unspecified atom stereocenters. The van der Waals surface area contributed by atoms with E-state index in [4.69, 9.17) is 23.2 Å². The zero-order valence-electron chi connectivity index (χ0n) is 16.9. The average molecular weight is 444 g/mol. The van der Waals surface area contributed by atoms with Crippen molar-refractivity contribution in [3.05, 3.63) is 82.4 Å². The maximum Gasteiger partial charge on any atom is 0.223 e. The van der Waals surface area contributed by atoms with E-state index in [-0.39, 0.29) is 29.7 Å². The van der Waals surface area contributed by atoms with Crippen molar-refractivity contribution in [2.75, 3.05) is 0 Å². The highest BCUT2D eigenvalue weighted by molar-refractivity contribution is 6.30. The Labute approximate surface area is 188 Å². The predicted octanol–water partition coefficient (Wildman–Crippen LogP) is 5.85. The van der Waals surface area contributed by atoms with Gasteiger partial charge in [0.05, 0.1) is 5.60 Å². The molecule has 1 aliphatic heterocycles. The Morgan fingerprint density at radius 1 is 1.13 bits per heavy atom. The van der Waals surface area contributed by atoms with E-state index in [1.165, 1.54) is 0 Å². The van der Waals surface area contributed by atoms with Crippen LogP contribution in [0.2, 0.25) is 10.0 Å². The summed E-state index contributed by atoms with van der Waals surface area (Å²) in [5, 5.41) is 16.4. The van der Waals surface area contributed by atoms with E-state index in [1.807, 2.05) is 42.5 Å². The van der Waals surface area contributed by atoms with Crippen molar-refractivity contribution in [3.8, 4) is 0 Å². The number of hydrogen-bond acceptors (Lipinski definition) is 2. The predicted molar refractivity (Wildman–Crippen MR) is 122 cm³/mol. The highest BCUT2D eigenvalue weighted by Gasteiger charge is 2.49. The van der Waals surface area contributed by atoms with Crippen LogP contribution in [0, 0.1) is 11.8 Å². The number of piperidine rings is 1. The third kappa shape index (κ3) is 4.44. The third-order valence-electron chi connectivity index (χ3n) is 6.58. The number of carbonyl (C=O) groups excluding carboxylic acids is 1. The van der Waals surface area contributed by atoms with E-state index in [2.05, 4.69) is 18.0 Å². The summed E-state index contributed by atoms with van der Waals surface area (Å²) in [6, 6.07) is 15.1. The Bertz CT molecular complexity index is 925. The first-order valence-electron chi connectivity index (χ1n) is 10.6. The number of aliphatic hydroxyl groups is 1. The van der Waals surface area contributed by atoms with Gasteiger partial charge in [0.25, 0.3) is 0 Å². The van der Waals surface area contributed by atoms with E-state index in [9.17, 15) is 9.90 Å². The van der Waals surface area contributed by atoms with Crippen molar-refractivity contribution in [2.24, 2.45) is 11.8 Å². The van der Waals surface area contributed by atoms with Crippen LogP contribution >= 0.6 is 23.2 Å². The standard InChI is InChI=1S/C25H27Cl2NO2/c1-2-4-17-14-22(16-5-3-6-21(27)13-16)23(28-24(17)29)15-25(30,18-7-8-18)19-9-11-20(26)12-10-19/h2-3,5-6,9-13,17-18,22-23,30H,1,4,7-8,14-15H2,(H,28,29)/t17-,22-,23+,25+/m1/s1. The largest absolute Gasteiger partial charge is 0.385 e. The Balaban J connectivity index is 1.67. The maximum absolute atomic E-state index is 12.8. The van der Waals surface area contributed by atoms with E-state index >= 15 is 0 Å². The molecule has 2 aromatic carbocycles. The second-order valence-corrected chi connectivity index (χ2v) is 9.52. The second-order valence-electron chi connectivity index (χ2n) is 8.64. The van der Waals surface area contributed by atoms with Gasteiger partial charge in [0.2, 0.25) is 5.91 Å². The lowest BCUT2D eigenvalue weighted by atomic mass is 9.72. The van der Waals surface area contributed by atoms with Gasteiger partial charge >= 0.3 is 0 Å². The molecule has 2 aromatic rings. The molecule has 1 saturated carbocycles. The van der Waals surface area contributed by atoms with Crippen LogP contribution in [0.1, 0.15) is 49.1 Å². The van der Waals surface area contributed by atoms with Crippen LogP contribution in [0.3, 0.4) is 0 Å². The summed E-state index contributed by atoms with van der Waals surface area (Å²) in [4.78, 5) is 12.8. The van der Waals surface area contributed by atoms with E-state index in [0.29, 0.717) is 29.3 Å². The van der Waals surface area contributed by atoms with E-state index in [0.717, 1.165) is 24.0 Å². The molecule has 2 N–H and O–H groups in total. The normalized spacial score (nSPS) is 26.0. The Morgan fingerprint density at radius 3 is 2.50 bits per heavy atom. The van der Waals surface area contributed by atoms with E-state index < -0.39 is 5.60 Å². The molecule has 0 spiro atoms. The van der Waals surface area contributed by atoms with Gasteiger partial charge in [-0.2, -0.15) is 0 Å². The van der Waals surface area contributed by atoms with Crippen LogP contribution in [0.15, 0.2) is 61.2 Å². The van der Waals surface area contributed by atoms with Gasteiger partial charge in [-0.25, -0.2) is 0 Å². The zero-order chi connectivity index (χ0) is 21.3. The topological polar surface area (TPSA) is 49.3 Å². The van der Waals surface area contributed by atoms with Crippen LogP contribution in [-0.4, -0.2) is 17.1 Å². The lowest BCUT2D eigenvalue weighted by Crippen LogP contribution is -2.51. The Morgan fingerprint density at radius 2 is 1.87 bits per heavy atom. The molecule has 3 nitrogen and oxygen atoms in total. The number of carbonyl (C=O) groups is 1. The molecule has 0 aromatic heterocycles. The first kappa shape index (κ1) is 21.4. The lowest BCUT2D eigenvalue weighted by molar-refractivity contribution is -0.129. The summed E-state index contributed by atoms with van der Waals surface area (Å²) < 4.78 is 0. The van der Waals surface area contributed by atoms with Gasteiger partial charge in [0.1, 0.15) is 0 Å².